The number of hydrogen-bond acceptors (Lipinski definition) is 4. The predicted molar refractivity (Wildman–Crippen MR) is 87.0 cm³/mol. The average molecular weight is 304 g/mol. The minimum atomic E-state index is -1.12. The van der Waals surface area contributed by atoms with Crippen molar-refractivity contribution in [3.05, 3.63) is 47.2 Å². The molecule has 5 heteroatoms. The second kappa shape index (κ2) is 9.00. The number of aliphatic carboxylic acids is 1. The van der Waals surface area contributed by atoms with E-state index in [4.69, 9.17) is 0 Å². The molecule has 1 aromatic carbocycles. The van der Waals surface area contributed by atoms with Crippen LogP contribution >= 0.6 is 0 Å². The molecule has 0 aliphatic rings. The third-order valence-electron chi connectivity index (χ3n) is 3.48. The number of hydrogen-bond donors (Lipinski definition) is 2. The Kier molecular flexibility index (Phi) is 7.32. The molecule has 0 bridgehead atoms. The lowest BCUT2D eigenvalue weighted by molar-refractivity contribution is -0.133. The van der Waals surface area contributed by atoms with Crippen LogP contribution in [0.3, 0.4) is 0 Å². The first-order valence-corrected chi connectivity index (χ1v) is 7.50. The van der Waals surface area contributed by atoms with E-state index in [2.05, 4.69) is 24.1 Å². The van der Waals surface area contributed by atoms with E-state index in [1.165, 1.54) is 0 Å². The molecule has 0 unspecified atom stereocenters. The summed E-state index contributed by atoms with van der Waals surface area (Å²) in [7, 11) is 0. The summed E-state index contributed by atoms with van der Waals surface area (Å²) >= 11 is 0. The van der Waals surface area contributed by atoms with Gasteiger partial charge in [-0.25, -0.2) is 4.79 Å². The largest absolute Gasteiger partial charge is 0.477 e. The van der Waals surface area contributed by atoms with Gasteiger partial charge in [-0.05, 0) is 20.0 Å². The molecule has 5 nitrogen and oxygen atoms in total. The van der Waals surface area contributed by atoms with Gasteiger partial charge in [0.1, 0.15) is 5.70 Å². The van der Waals surface area contributed by atoms with Crippen molar-refractivity contribution in [2.45, 2.75) is 20.8 Å². The van der Waals surface area contributed by atoms with Crippen LogP contribution < -0.4 is 5.32 Å². The molecule has 22 heavy (non-hydrogen) atoms. The van der Waals surface area contributed by atoms with E-state index in [0.717, 1.165) is 31.3 Å². The highest BCUT2D eigenvalue weighted by atomic mass is 16.4. The molecule has 0 atom stereocenters. The second-order valence-electron chi connectivity index (χ2n) is 5.05. The van der Waals surface area contributed by atoms with Crippen molar-refractivity contribution in [1.29, 1.82) is 0 Å². The van der Waals surface area contributed by atoms with Crippen LogP contribution in [0.2, 0.25) is 0 Å². The molecule has 1 rings (SSSR count). The smallest absolute Gasteiger partial charge is 0.352 e. The maximum Gasteiger partial charge on any atom is 0.352 e. The number of carbonyl (C=O) groups is 2. The lowest BCUT2D eigenvalue weighted by Gasteiger charge is -2.18. The summed E-state index contributed by atoms with van der Waals surface area (Å²) in [5, 5.41) is 12.0. The lowest BCUT2D eigenvalue weighted by Crippen LogP contribution is -2.33. The van der Waals surface area contributed by atoms with Gasteiger partial charge in [-0.15, -0.1) is 0 Å². The van der Waals surface area contributed by atoms with E-state index in [-0.39, 0.29) is 11.5 Å². The number of aryl methyl sites for hydroxylation is 1. The van der Waals surface area contributed by atoms with E-state index in [9.17, 15) is 14.7 Å². The Morgan fingerprint density at radius 3 is 2.27 bits per heavy atom. The molecule has 1 aromatic rings. The van der Waals surface area contributed by atoms with Gasteiger partial charge in [-0.1, -0.05) is 43.7 Å². The molecule has 0 aliphatic carbocycles. The van der Waals surface area contributed by atoms with Crippen LogP contribution in [0.15, 0.2) is 36.0 Å². The molecule has 0 aromatic heterocycles. The average Bonchev–Trinajstić information content (AvgIpc) is 2.50. The van der Waals surface area contributed by atoms with E-state index < -0.39 is 5.97 Å². The van der Waals surface area contributed by atoms with Crippen molar-refractivity contribution in [1.82, 2.24) is 10.2 Å². The number of carboxylic acid groups (broad SMARTS) is 1. The Bertz CT molecular complexity index is 531. The molecule has 0 spiro atoms. The third-order valence-corrected chi connectivity index (χ3v) is 3.48. The highest BCUT2D eigenvalue weighted by Gasteiger charge is 2.11. The first-order chi connectivity index (χ1) is 10.5. The topological polar surface area (TPSA) is 69.6 Å². The summed E-state index contributed by atoms with van der Waals surface area (Å²) in [6.07, 6.45) is 1.15. The Labute approximate surface area is 131 Å². The van der Waals surface area contributed by atoms with Gasteiger partial charge in [0.15, 0.2) is 5.78 Å². The van der Waals surface area contributed by atoms with Gasteiger partial charge in [0.25, 0.3) is 0 Å². The van der Waals surface area contributed by atoms with Crippen LogP contribution in [-0.4, -0.2) is 47.9 Å². The zero-order chi connectivity index (χ0) is 16.5. The van der Waals surface area contributed by atoms with Crippen molar-refractivity contribution in [3.8, 4) is 0 Å². The van der Waals surface area contributed by atoms with E-state index >= 15 is 0 Å². The Hall–Kier alpha value is -2.14. The Morgan fingerprint density at radius 2 is 1.77 bits per heavy atom. The van der Waals surface area contributed by atoms with Gasteiger partial charge in [0, 0.05) is 24.7 Å². The van der Waals surface area contributed by atoms with Crippen LogP contribution in [0.1, 0.15) is 29.8 Å². The third kappa shape index (κ3) is 5.69. The summed E-state index contributed by atoms with van der Waals surface area (Å²) in [5.41, 5.74) is 1.46. The van der Waals surface area contributed by atoms with Crippen molar-refractivity contribution in [2.75, 3.05) is 26.2 Å². The quantitative estimate of drug-likeness (QED) is 0.540. The fourth-order valence-corrected chi connectivity index (χ4v) is 2.01. The summed E-state index contributed by atoms with van der Waals surface area (Å²) < 4.78 is 0. The van der Waals surface area contributed by atoms with E-state index in [0.29, 0.717) is 12.1 Å². The summed E-state index contributed by atoms with van der Waals surface area (Å²) in [6.45, 7) is 9.08. The second-order valence-corrected chi connectivity index (χ2v) is 5.05. The van der Waals surface area contributed by atoms with Crippen LogP contribution in [0.25, 0.3) is 0 Å². The molecule has 0 radical (unpaired) electrons. The number of rotatable bonds is 9. The maximum absolute atomic E-state index is 12.1. The van der Waals surface area contributed by atoms with Crippen LogP contribution in [0.4, 0.5) is 0 Å². The Morgan fingerprint density at radius 1 is 1.18 bits per heavy atom. The molecule has 0 saturated heterocycles. The standard InChI is InChI=1S/C17H24N2O3/c1-4-19(5-2)11-10-18-15(17(21)22)12-16(20)14-8-6-13(3)7-9-14/h6-9,12,18H,4-5,10-11H2,1-3H3,(H,21,22). The molecule has 0 heterocycles. The molecule has 2 N–H and O–H groups in total. The fourth-order valence-electron chi connectivity index (χ4n) is 2.01. The fraction of sp³-hybridized carbons (Fsp3) is 0.412. The number of benzene rings is 1. The minimum Gasteiger partial charge on any atom is -0.477 e. The summed E-state index contributed by atoms with van der Waals surface area (Å²) in [4.78, 5) is 25.5. The van der Waals surface area contributed by atoms with Gasteiger partial charge >= 0.3 is 5.97 Å². The zero-order valence-electron chi connectivity index (χ0n) is 13.4. The Balaban J connectivity index is 2.71. The zero-order valence-corrected chi connectivity index (χ0v) is 13.4. The first-order valence-electron chi connectivity index (χ1n) is 7.50. The first kappa shape index (κ1) is 17.9. The molecule has 0 amide bonds. The van der Waals surface area contributed by atoms with Crippen molar-refractivity contribution in [2.24, 2.45) is 0 Å². The number of allylic oxidation sites excluding steroid dienone is 1. The van der Waals surface area contributed by atoms with Gasteiger partial charge in [0.2, 0.25) is 0 Å². The van der Waals surface area contributed by atoms with Gasteiger partial charge in [0.05, 0.1) is 0 Å². The SMILES string of the molecule is CCN(CC)CCNC(=CC(=O)c1ccc(C)cc1)C(=O)O. The monoisotopic (exact) mass is 304 g/mol. The normalized spacial score (nSPS) is 11.5. The number of ketones is 1. The molecular weight excluding hydrogens is 280 g/mol. The van der Waals surface area contributed by atoms with Crippen LogP contribution in [-0.2, 0) is 4.79 Å². The number of carbonyl (C=O) groups excluding carboxylic acids is 1. The van der Waals surface area contributed by atoms with Crippen LogP contribution in [0, 0.1) is 6.92 Å². The highest BCUT2D eigenvalue weighted by Crippen LogP contribution is 2.06. The van der Waals surface area contributed by atoms with Crippen LogP contribution in [0.5, 0.6) is 0 Å². The molecule has 0 saturated carbocycles. The number of likely N-dealkylation sites (N-methyl/N-ethyl adjacent to an activating group) is 1. The predicted octanol–water partition coefficient (Wildman–Crippen LogP) is 2.08. The van der Waals surface area contributed by atoms with Gasteiger partial charge in [-0.2, -0.15) is 0 Å². The van der Waals surface area contributed by atoms with Crippen molar-refractivity contribution >= 4 is 11.8 Å². The summed E-state index contributed by atoms with van der Waals surface area (Å²) in [5.74, 6) is -1.44. The molecule has 120 valence electrons. The van der Waals surface area contributed by atoms with Crippen molar-refractivity contribution < 1.29 is 14.7 Å². The maximum atomic E-state index is 12.1. The number of nitrogens with one attached hydrogen (secondary N) is 1. The molecular formula is C17H24N2O3. The number of carboxylic acids is 1. The van der Waals surface area contributed by atoms with Gasteiger partial charge < -0.3 is 15.3 Å². The minimum absolute atomic E-state index is 0.0715. The molecule has 0 aliphatic heterocycles. The lowest BCUT2D eigenvalue weighted by atomic mass is 10.1. The summed E-state index contributed by atoms with van der Waals surface area (Å²) in [6, 6.07) is 7.05. The highest BCUT2D eigenvalue weighted by molar-refractivity contribution is 6.08. The van der Waals surface area contributed by atoms with Gasteiger partial charge in [-0.3, -0.25) is 4.79 Å². The number of nitrogens with zero attached hydrogens (tertiary/aromatic N) is 1. The molecule has 0 fully saturated rings. The van der Waals surface area contributed by atoms with E-state index in [1.807, 2.05) is 19.1 Å². The van der Waals surface area contributed by atoms with Crippen molar-refractivity contribution in [3.63, 3.8) is 0 Å². The van der Waals surface area contributed by atoms with E-state index in [1.54, 1.807) is 12.1 Å².